The van der Waals surface area contributed by atoms with Gasteiger partial charge in [0.2, 0.25) is 15.9 Å². The number of carbonyl (C=O) groups excluding carboxylic acids is 2. The van der Waals surface area contributed by atoms with Crippen molar-refractivity contribution in [3.63, 3.8) is 0 Å². The number of hydrogen-bond donors (Lipinski definition) is 1. The van der Waals surface area contributed by atoms with Gasteiger partial charge in [-0.2, -0.15) is 0 Å². The number of esters is 1. The molecular weight excluding hydrogens is 420 g/mol. The lowest BCUT2D eigenvalue weighted by atomic mass is 10.2. The number of benzene rings is 2. The zero-order valence-electron chi connectivity index (χ0n) is 16.1. The van der Waals surface area contributed by atoms with Crippen LogP contribution >= 0.6 is 11.6 Å². The Hall–Kier alpha value is -2.78. The first-order valence-electron chi connectivity index (χ1n) is 8.54. The number of nitrogens with one attached hydrogen (secondary N) is 1. The van der Waals surface area contributed by atoms with Crippen LogP contribution in [0.2, 0.25) is 5.02 Å². The predicted octanol–water partition coefficient (Wildman–Crippen LogP) is 2.93. The standard InChI is InChI=1S/C19H21ClN2O6S/c1-4-28-19(24)13-5-10-17(16(20)11-13)21-18(23)12-22(29(3,25)26)14-6-8-15(27-2)9-7-14/h5-11H,4,12H2,1-3H3,(H,21,23). The monoisotopic (exact) mass is 440 g/mol. The number of halogens is 1. The van der Waals surface area contributed by atoms with Crippen molar-refractivity contribution >= 4 is 44.9 Å². The lowest BCUT2D eigenvalue weighted by molar-refractivity contribution is -0.114. The van der Waals surface area contributed by atoms with Crippen molar-refractivity contribution in [1.29, 1.82) is 0 Å². The Morgan fingerprint density at radius 1 is 1.14 bits per heavy atom. The van der Waals surface area contributed by atoms with Crippen LogP contribution in [0.5, 0.6) is 5.75 Å². The molecule has 0 radical (unpaired) electrons. The van der Waals surface area contributed by atoms with E-state index in [1.165, 1.54) is 37.4 Å². The number of hydrogen-bond acceptors (Lipinski definition) is 6. The van der Waals surface area contributed by atoms with E-state index in [0.29, 0.717) is 11.4 Å². The average molecular weight is 441 g/mol. The van der Waals surface area contributed by atoms with Gasteiger partial charge < -0.3 is 14.8 Å². The zero-order chi connectivity index (χ0) is 21.6. The number of anilines is 2. The Morgan fingerprint density at radius 3 is 2.31 bits per heavy atom. The van der Waals surface area contributed by atoms with Crippen LogP contribution in [-0.2, 0) is 19.6 Å². The second-order valence-electron chi connectivity index (χ2n) is 5.93. The number of amides is 1. The first-order valence-corrected chi connectivity index (χ1v) is 10.8. The van der Waals surface area contributed by atoms with E-state index in [9.17, 15) is 18.0 Å². The van der Waals surface area contributed by atoms with Gasteiger partial charge in [0.05, 0.1) is 41.9 Å². The van der Waals surface area contributed by atoms with E-state index in [2.05, 4.69) is 5.32 Å². The average Bonchev–Trinajstić information content (AvgIpc) is 2.67. The quantitative estimate of drug-likeness (QED) is 0.633. The highest BCUT2D eigenvalue weighted by molar-refractivity contribution is 7.92. The second kappa shape index (κ2) is 9.62. The van der Waals surface area contributed by atoms with E-state index in [1.807, 2.05) is 0 Å². The predicted molar refractivity (Wildman–Crippen MR) is 111 cm³/mol. The van der Waals surface area contributed by atoms with Crippen molar-refractivity contribution < 1.29 is 27.5 Å². The fraction of sp³-hybridized carbons (Fsp3) is 0.263. The molecule has 0 aromatic heterocycles. The van der Waals surface area contributed by atoms with Crippen LogP contribution in [0.15, 0.2) is 42.5 Å². The molecule has 0 aliphatic rings. The Morgan fingerprint density at radius 2 is 1.79 bits per heavy atom. The minimum absolute atomic E-state index is 0.124. The van der Waals surface area contributed by atoms with Crippen LogP contribution in [0, 0.1) is 0 Å². The molecular formula is C19H21ClN2O6S. The Balaban J connectivity index is 2.17. The second-order valence-corrected chi connectivity index (χ2v) is 8.24. The van der Waals surface area contributed by atoms with Gasteiger partial charge in [-0.3, -0.25) is 9.10 Å². The highest BCUT2D eigenvalue weighted by Gasteiger charge is 2.21. The number of methoxy groups -OCH3 is 1. The van der Waals surface area contributed by atoms with Crippen molar-refractivity contribution in [2.45, 2.75) is 6.92 Å². The molecule has 0 aliphatic carbocycles. The Kier molecular flexibility index (Phi) is 7.46. The minimum Gasteiger partial charge on any atom is -0.497 e. The molecule has 0 atom stereocenters. The summed E-state index contributed by atoms with van der Waals surface area (Å²) in [5.41, 5.74) is 0.797. The van der Waals surface area contributed by atoms with Crippen molar-refractivity contribution in [1.82, 2.24) is 0 Å². The van der Waals surface area contributed by atoms with E-state index in [0.717, 1.165) is 10.6 Å². The number of rotatable bonds is 8. The van der Waals surface area contributed by atoms with E-state index in [1.54, 1.807) is 19.1 Å². The van der Waals surface area contributed by atoms with Crippen molar-refractivity contribution in [3.8, 4) is 5.75 Å². The van der Waals surface area contributed by atoms with E-state index < -0.39 is 28.4 Å². The van der Waals surface area contributed by atoms with Gasteiger partial charge in [-0.25, -0.2) is 13.2 Å². The minimum atomic E-state index is -3.72. The van der Waals surface area contributed by atoms with E-state index in [-0.39, 0.29) is 22.9 Å². The molecule has 0 saturated heterocycles. The number of ether oxygens (including phenoxy) is 2. The maximum absolute atomic E-state index is 12.4. The Bertz CT molecular complexity index is 992. The molecule has 2 rings (SSSR count). The number of nitrogens with zero attached hydrogens (tertiary/aromatic N) is 1. The molecule has 0 fully saturated rings. The molecule has 2 aromatic carbocycles. The molecule has 1 N–H and O–H groups in total. The van der Waals surface area contributed by atoms with E-state index in [4.69, 9.17) is 21.1 Å². The smallest absolute Gasteiger partial charge is 0.338 e. The van der Waals surface area contributed by atoms with Crippen LogP contribution < -0.4 is 14.4 Å². The van der Waals surface area contributed by atoms with Gasteiger partial charge in [-0.05, 0) is 49.4 Å². The molecule has 0 spiro atoms. The van der Waals surface area contributed by atoms with Gasteiger partial charge in [-0.1, -0.05) is 11.6 Å². The molecule has 0 aliphatic heterocycles. The van der Waals surface area contributed by atoms with Gasteiger partial charge in [0.25, 0.3) is 0 Å². The fourth-order valence-electron chi connectivity index (χ4n) is 2.43. The molecule has 29 heavy (non-hydrogen) atoms. The van der Waals surface area contributed by atoms with Crippen LogP contribution in [0.1, 0.15) is 17.3 Å². The highest BCUT2D eigenvalue weighted by atomic mass is 35.5. The SMILES string of the molecule is CCOC(=O)c1ccc(NC(=O)CN(c2ccc(OC)cc2)S(C)(=O)=O)c(Cl)c1. The molecule has 0 heterocycles. The van der Waals surface area contributed by atoms with E-state index >= 15 is 0 Å². The maximum atomic E-state index is 12.4. The summed E-state index contributed by atoms with van der Waals surface area (Å²) in [6, 6.07) is 10.5. The number of sulfonamides is 1. The summed E-state index contributed by atoms with van der Waals surface area (Å²) in [5, 5.41) is 2.67. The van der Waals surface area contributed by atoms with Gasteiger partial charge in [0, 0.05) is 0 Å². The fourth-order valence-corrected chi connectivity index (χ4v) is 3.51. The lowest BCUT2D eigenvalue weighted by Crippen LogP contribution is -2.37. The summed E-state index contributed by atoms with van der Waals surface area (Å²) in [5.74, 6) is -0.577. The van der Waals surface area contributed by atoms with Crippen LogP contribution in [-0.4, -0.2) is 46.8 Å². The highest BCUT2D eigenvalue weighted by Crippen LogP contribution is 2.25. The Labute approximate surface area is 174 Å². The summed E-state index contributed by atoms with van der Waals surface area (Å²) in [4.78, 5) is 24.2. The lowest BCUT2D eigenvalue weighted by Gasteiger charge is -2.22. The first-order chi connectivity index (χ1) is 13.7. The molecule has 1 amide bonds. The summed E-state index contributed by atoms with van der Waals surface area (Å²) in [6.45, 7) is 1.45. The molecule has 0 bridgehead atoms. The summed E-state index contributed by atoms with van der Waals surface area (Å²) >= 11 is 6.13. The zero-order valence-corrected chi connectivity index (χ0v) is 17.7. The number of carbonyl (C=O) groups is 2. The summed E-state index contributed by atoms with van der Waals surface area (Å²) < 4.78 is 35.2. The molecule has 0 saturated carbocycles. The van der Waals surface area contributed by atoms with Crippen molar-refractivity contribution in [3.05, 3.63) is 53.1 Å². The molecule has 8 nitrogen and oxygen atoms in total. The van der Waals surface area contributed by atoms with Gasteiger partial charge in [0.15, 0.2) is 0 Å². The van der Waals surface area contributed by atoms with Crippen molar-refractivity contribution in [2.24, 2.45) is 0 Å². The topological polar surface area (TPSA) is 102 Å². The van der Waals surface area contributed by atoms with Gasteiger partial charge in [0.1, 0.15) is 12.3 Å². The van der Waals surface area contributed by atoms with Crippen LogP contribution in [0.4, 0.5) is 11.4 Å². The van der Waals surface area contributed by atoms with Gasteiger partial charge >= 0.3 is 5.97 Å². The molecule has 10 heteroatoms. The van der Waals surface area contributed by atoms with Crippen LogP contribution in [0.3, 0.4) is 0 Å². The van der Waals surface area contributed by atoms with Crippen molar-refractivity contribution in [2.75, 3.05) is 36.1 Å². The third kappa shape index (κ3) is 6.10. The molecule has 2 aromatic rings. The first kappa shape index (κ1) is 22.5. The summed E-state index contributed by atoms with van der Waals surface area (Å²) in [7, 11) is -2.23. The molecule has 156 valence electrons. The normalized spacial score (nSPS) is 10.9. The van der Waals surface area contributed by atoms with Crippen LogP contribution in [0.25, 0.3) is 0 Å². The van der Waals surface area contributed by atoms with Gasteiger partial charge in [-0.15, -0.1) is 0 Å². The third-order valence-electron chi connectivity index (χ3n) is 3.80. The maximum Gasteiger partial charge on any atom is 0.338 e. The largest absolute Gasteiger partial charge is 0.497 e. The molecule has 0 unspecified atom stereocenters. The third-order valence-corrected chi connectivity index (χ3v) is 5.26. The summed E-state index contributed by atoms with van der Waals surface area (Å²) in [6.07, 6.45) is 1.01.